The highest BCUT2D eigenvalue weighted by Gasteiger charge is 2.42. The van der Waals surface area contributed by atoms with Crippen LogP contribution in [-0.4, -0.2) is 59.0 Å². The van der Waals surface area contributed by atoms with E-state index in [4.69, 9.17) is 14.2 Å². The fraction of sp³-hybridized carbons (Fsp3) is 0.800. The van der Waals surface area contributed by atoms with E-state index in [0.29, 0.717) is 4.90 Å². The largest absolute Gasteiger partial charge is 0.469 e. The van der Waals surface area contributed by atoms with Gasteiger partial charge in [-0.3, -0.25) is 4.79 Å². The average molecular weight is 417 g/mol. The van der Waals surface area contributed by atoms with E-state index in [1.54, 1.807) is 62.3 Å². The third-order valence-electron chi connectivity index (χ3n) is 3.02. The van der Waals surface area contributed by atoms with Crippen LogP contribution in [0.5, 0.6) is 0 Å². The Morgan fingerprint density at radius 1 is 0.724 bits per heavy atom. The lowest BCUT2D eigenvalue weighted by atomic mass is 10.1. The van der Waals surface area contributed by atoms with Crippen molar-refractivity contribution in [3.63, 3.8) is 0 Å². The minimum absolute atomic E-state index is 0.208. The highest BCUT2D eigenvalue weighted by Crippen LogP contribution is 2.22. The zero-order valence-electron chi connectivity index (χ0n) is 19.2. The SMILES string of the molecule is COC(=O)CC[C@H](C(=O)OC(C)(C)C)N(C(=O)OC(C)(C)C)C(=O)OC(C)(C)C. The van der Waals surface area contributed by atoms with Crippen LogP contribution in [0.15, 0.2) is 0 Å². The van der Waals surface area contributed by atoms with Crippen LogP contribution in [0.4, 0.5) is 9.59 Å². The van der Waals surface area contributed by atoms with Crippen molar-refractivity contribution in [1.29, 1.82) is 0 Å². The number of imide groups is 1. The molecular weight excluding hydrogens is 382 g/mol. The van der Waals surface area contributed by atoms with E-state index in [-0.39, 0.29) is 12.8 Å². The van der Waals surface area contributed by atoms with Crippen LogP contribution in [-0.2, 0) is 28.5 Å². The molecule has 0 saturated heterocycles. The topological polar surface area (TPSA) is 108 Å². The number of ether oxygens (including phenoxy) is 4. The van der Waals surface area contributed by atoms with Crippen LogP contribution in [0, 0.1) is 0 Å². The molecule has 0 spiro atoms. The molecule has 0 aromatic rings. The lowest BCUT2D eigenvalue weighted by Crippen LogP contribution is -2.53. The molecule has 2 amide bonds. The molecule has 0 N–H and O–H groups in total. The first-order valence-electron chi connectivity index (χ1n) is 9.41. The van der Waals surface area contributed by atoms with Crippen LogP contribution in [0.2, 0.25) is 0 Å². The molecule has 0 fully saturated rings. The molecule has 1 atom stereocenters. The lowest BCUT2D eigenvalue weighted by molar-refractivity contribution is -0.161. The summed E-state index contributed by atoms with van der Waals surface area (Å²) in [7, 11) is 1.20. The van der Waals surface area contributed by atoms with Crippen molar-refractivity contribution >= 4 is 24.1 Å². The van der Waals surface area contributed by atoms with Crippen molar-refractivity contribution in [3.8, 4) is 0 Å². The Bertz CT molecular complexity index is 579. The van der Waals surface area contributed by atoms with Crippen molar-refractivity contribution in [2.24, 2.45) is 0 Å². The molecule has 9 heteroatoms. The number of methoxy groups -OCH3 is 1. The predicted octanol–water partition coefficient (Wildman–Crippen LogP) is 3.82. The first kappa shape index (κ1) is 26.7. The maximum atomic E-state index is 12.8. The van der Waals surface area contributed by atoms with Gasteiger partial charge in [0.15, 0.2) is 0 Å². The second-order valence-corrected chi connectivity index (χ2v) is 9.49. The summed E-state index contributed by atoms with van der Waals surface area (Å²) in [6.45, 7) is 14.7. The van der Waals surface area contributed by atoms with E-state index in [9.17, 15) is 19.2 Å². The monoisotopic (exact) mass is 417 g/mol. The molecule has 0 rings (SSSR count). The van der Waals surface area contributed by atoms with E-state index < -0.39 is 47.0 Å². The van der Waals surface area contributed by atoms with Gasteiger partial charge in [0, 0.05) is 6.42 Å². The number of nitrogens with zero attached hydrogens (tertiary/aromatic N) is 1. The molecule has 0 aliphatic rings. The van der Waals surface area contributed by atoms with Gasteiger partial charge in [0.05, 0.1) is 7.11 Å². The predicted molar refractivity (Wildman–Crippen MR) is 105 cm³/mol. The Morgan fingerprint density at radius 2 is 1.10 bits per heavy atom. The van der Waals surface area contributed by atoms with Crippen LogP contribution in [0.1, 0.15) is 75.2 Å². The second-order valence-electron chi connectivity index (χ2n) is 9.49. The molecule has 0 aromatic carbocycles. The van der Waals surface area contributed by atoms with Gasteiger partial charge >= 0.3 is 24.1 Å². The van der Waals surface area contributed by atoms with Crippen LogP contribution < -0.4 is 0 Å². The third-order valence-corrected chi connectivity index (χ3v) is 3.02. The maximum absolute atomic E-state index is 12.8. The number of esters is 2. The molecule has 29 heavy (non-hydrogen) atoms. The number of rotatable bonds is 5. The van der Waals surface area contributed by atoms with Gasteiger partial charge in [0.2, 0.25) is 0 Å². The molecule has 0 radical (unpaired) electrons. The van der Waals surface area contributed by atoms with Crippen molar-refractivity contribution in [2.75, 3.05) is 7.11 Å². The minimum Gasteiger partial charge on any atom is -0.469 e. The number of carbonyl (C=O) groups is 4. The highest BCUT2D eigenvalue weighted by atomic mass is 16.6. The van der Waals surface area contributed by atoms with Gasteiger partial charge in [-0.1, -0.05) is 0 Å². The molecule has 0 unspecified atom stereocenters. The third kappa shape index (κ3) is 11.3. The van der Waals surface area contributed by atoms with Gasteiger partial charge < -0.3 is 18.9 Å². The van der Waals surface area contributed by atoms with Crippen molar-refractivity contribution in [1.82, 2.24) is 4.90 Å². The smallest absolute Gasteiger partial charge is 0.420 e. The molecule has 0 aliphatic heterocycles. The van der Waals surface area contributed by atoms with E-state index in [1.807, 2.05) is 0 Å². The van der Waals surface area contributed by atoms with Gasteiger partial charge in [-0.15, -0.1) is 0 Å². The number of hydrogen-bond donors (Lipinski definition) is 0. The van der Waals surface area contributed by atoms with Crippen molar-refractivity contribution in [2.45, 2.75) is 98.0 Å². The zero-order chi connectivity index (χ0) is 23.2. The Hall–Kier alpha value is -2.32. The standard InChI is InChI=1S/C20H35NO8/c1-18(2,3)27-15(23)13(11-12-14(22)26-10)21(16(24)28-19(4,5)6)17(25)29-20(7,8)9/h13H,11-12H2,1-10H3/t13-/m1/s1. The Kier molecular flexibility index (Phi) is 9.14. The second kappa shape index (κ2) is 9.93. The Balaban J connectivity index is 6.06. The van der Waals surface area contributed by atoms with Crippen LogP contribution in [0.25, 0.3) is 0 Å². The molecule has 0 bridgehead atoms. The molecule has 168 valence electrons. The molecule has 0 aliphatic carbocycles. The van der Waals surface area contributed by atoms with Gasteiger partial charge in [-0.2, -0.15) is 4.90 Å². The van der Waals surface area contributed by atoms with Crippen molar-refractivity contribution < 1.29 is 38.1 Å². The van der Waals surface area contributed by atoms with Gasteiger partial charge in [-0.05, 0) is 68.7 Å². The Labute approximate surface area is 173 Å². The summed E-state index contributed by atoms with van der Waals surface area (Å²) in [4.78, 5) is 50.6. The van der Waals surface area contributed by atoms with Crippen LogP contribution in [0.3, 0.4) is 0 Å². The summed E-state index contributed by atoms with van der Waals surface area (Å²) >= 11 is 0. The summed E-state index contributed by atoms with van der Waals surface area (Å²) in [5.74, 6) is -1.47. The summed E-state index contributed by atoms with van der Waals surface area (Å²) < 4.78 is 20.5. The molecule has 0 heterocycles. The maximum Gasteiger partial charge on any atom is 0.420 e. The highest BCUT2D eigenvalue weighted by molar-refractivity contribution is 5.94. The summed E-state index contributed by atoms with van der Waals surface area (Å²) in [5, 5.41) is 0. The van der Waals surface area contributed by atoms with Gasteiger partial charge in [0.25, 0.3) is 0 Å². The van der Waals surface area contributed by atoms with Gasteiger partial charge in [0.1, 0.15) is 22.8 Å². The molecular formula is C20H35NO8. The summed E-state index contributed by atoms with van der Waals surface area (Å²) in [6, 6.07) is -1.43. The quantitative estimate of drug-likeness (QED) is 0.490. The van der Waals surface area contributed by atoms with E-state index >= 15 is 0 Å². The summed E-state index contributed by atoms with van der Waals surface area (Å²) in [5.41, 5.74) is -2.75. The number of hydrogen-bond acceptors (Lipinski definition) is 8. The van der Waals surface area contributed by atoms with Crippen LogP contribution >= 0.6 is 0 Å². The number of amides is 2. The van der Waals surface area contributed by atoms with Crippen molar-refractivity contribution in [3.05, 3.63) is 0 Å². The van der Waals surface area contributed by atoms with E-state index in [0.717, 1.165) is 0 Å². The normalized spacial score (nSPS) is 13.2. The fourth-order valence-electron chi connectivity index (χ4n) is 2.03. The lowest BCUT2D eigenvalue weighted by Gasteiger charge is -2.33. The zero-order valence-corrected chi connectivity index (χ0v) is 19.2. The van der Waals surface area contributed by atoms with Gasteiger partial charge in [-0.25, -0.2) is 14.4 Å². The first-order chi connectivity index (χ1) is 12.9. The minimum atomic E-state index is -1.43. The molecule has 9 nitrogen and oxygen atoms in total. The molecule has 0 saturated carbocycles. The average Bonchev–Trinajstić information content (AvgIpc) is 2.44. The number of carbonyl (C=O) groups excluding carboxylic acids is 4. The summed E-state index contributed by atoms with van der Waals surface area (Å²) in [6.07, 6.45) is -2.58. The first-order valence-corrected chi connectivity index (χ1v) is 9.41. The van der Waals surface area contributed by atoms with E-state index in [2.05, 4.69) is 4.74 Å². The fourth-order valence-corrected chi connectivity index (χ4v) is 2.03. The van der Waals surface area contributed by atoms with E-state index in [1.165, 1.54) is 7.11 Å². The molecule has 0 aromatic heterocycles. The Morgan fingerprint density at radius 3 is 1.41 bits per heavy atom.